The first kappa shape index (κ1) is 15.2. The summed E-state index contributed by atoms with van der Waals surface area (Å²) < 4.78 is 5.55. The lowest BCUT2D eigenvalue weighted by Gasteiger charge is -2.42. The van der Waals surface area contributed by atoms with Gasteiger partial charge in [0.2, 0.25) is 0 Å². The Bertz CT molecular complexity index is 254. The van der Waals surface area contributed by atoms with Crippen LogP contribution in [0.25, 0.3) is 0 Å². The van der Waals surface area contributed by atoms with Gasteiger partial charge in [-0.15, -0.1) is 0 Å². The van der Waals surface area contributed by atoms with Gasteiger partial charge in [0.05, 0.1) is 6.10 Å². The van der Waals surface area contributed by atoms with E-state index >= 15 is 0 Å². The van der Waals surface area contributed by atoms with Gasteiger partial charge in [0.1, 0.15) is 0 Å². The second-order valence-corrected chi connectivity index (χ2v) is 6.36. The molecule has 0 aromatic heterocycles. The van der Waals surface area contributed by atoms with Gasteiger partial charge in [-0.3, -0.25) is 4.90 Å². The molecule has 2 fully saturated rings. The number of hydrogen-bond donors (Lipinski definition) is 1. The summed E-state index contributed by atoms with van der Waals surface area (Å²) in [4.78, 5) is 5.26. The van der Waals surface area contributed by atoms with Crippen LogP contribution in [0.4, 0.5) is 0 Å². The third-order valence-electron chi connectivity index (χ3n) is 4.83. The number of rotatable bonds is 5. The van der Waals surface area contributed by atoms with Gasteiger partial charge in [0.15, 0.2) is 0 Å². The molecule has 1 saturated carbocycles. The number of methoxy groups -OCH3 is 1. The summed E-state index contributed by atoms with van der Waals surface area (Å²) >= 11 is 0. The Balaban J connectivity index is 1.73. The summed E-state index contributed by atoms with van der Waals surface area (Å²) in [5, 5.41) is 0. The molecular formula is C15H31N3O. The molecule has 0 aromatic rings. The predicted octanol–water partition coefficient (Wildman–Crippen LogP) is 1.16. The van der Waals surface area contributed by atoms with Crippen molar-refractivity contribution in [1.29, 1.82) is 0 Å². The minimum Gasteiger partial charge on any atom is -0.381 e. The van der Waals surface area contributed by atoms with Crippen molar-refractivity contribution < 1.29 is 4.74 Å². The zero-order valence-corrected chi connectivity index (χ0v) is 12.7. The molecule has 0 spiro atoms. The van der Waals surface area contributed by atoms with Gasteiger partial charge < -0.3 is 15.4 Å². The van der Waals surface area contributed by atoms with E-state index in [1.165, 1.54) is 51.9 Å². The SMILES string of the molecule is COC1CCCC(N2CCN(CC(C)CN)CC2)C1. The maximum absolute atomic E-state index is 5.71. The van der Waals surface area contributed by atoms with Crippen LogP contribution in [-0.2, 0) is 4.74 Å². The highest BCUT2D eigenvalue weighted by Crippen LogP contribution is 2.25. The van der Waals surface area contributed by atoms with Crippen molar-refractivity contribution in [2.45, 2.75) is 44.8 Å². The number of piperazine rings is 1. The first-order valence-corrected chi connectivity index (χ1v) is 7.92. The molecule has 1 saturated heterocycles. The second kappa shape index (κ2) is 7.58. The average molecular weight is 269 g/mol. The van der Waals surface area contributed by atoms with Crippen LogP contribution in [0.3, 0.4) is 0 Å². The minimum absolute atomic E-state index is 0.494. The molecule has 1 heterocycles. The van der Waals surface area contributed by atoms with E-state index in [0.29, 0.717) is 12.0 Å². The highest BCUT2D eigenvalue weighted by atomic mass is 16.5. The van der Waals surface area contributed by atoms with Crippen LogP contribution in [0.1, 0.15) is 32.6 Å². The van der Waals surface area contributed by atoms with Crippen LogP contribution < -0.4 is 5.73 Å². The molecular weight excluding hydrogens is 238 g/mol. The molecule has 2 rings (SSSR count). The first-order valence-electron chi connectivity index (χ1n) is 7.92. The Morgan fingerprint density at radius 3 is 2.58 bits per heavy atom. The van der Waals surface area contributed by atoms with E-state index in [9.17, 15) is 0 Å². The second-order valence-electron chi connectivity index (χ2n) is 6.36. The maximum Gasteiger partial charge on any atom is 0.0586 e. The lowest BCUT2D eigenvalue weighted by molar-refractivity contribution is 0.0103. The van der Waals surface area contributed by atoms with Gasteiger partial charge in [-0.05, 0) is 38.1 Å². The molecule has 0 amide bonds. The Hall–Kier alpha value is -0.160. The molecule has 4 nitrogen and oxygen atoms in total. The van der Waals surface area contributed by atoms with Crippen molar-refractivity contribution in [2.75, 3.05) is 46.4 Å². The van der Waals surface area contributed by atoms with E-state index in [-0.39, 0.29) is 0 Å². The van der Waals surface area contributed by atoms with E-state index < -0.39 is 0 Å². The third-order valence-corrected chi connectivity index (χ3v) is 4.83. The number of ether oxygens (including phenoxy) is 1. The summed E-state index contributed by atoms with van der Waals surface area (Å²) in [6.07, 6.45) is 5.66. The lowest BCUT2D eigenvalue weighted by atomic mass is 9.91. The standard InChI is InChI=1S/C15H31N3O/c1-13(11-16)12-17-6-8-18(9-7-17)14-4-3-5-15(10-14)19-2/h13-15H,3-12,16H2,1-2H3. The van der Waals surface area contributed by atoms with Gasteiger partial charge in [-0.1, -0.05) is 6.92 Å². The number of hydrogen-bond acceptors (Lipinski definition) is 4. The fraction of sp³-hybridized carbons (Fsp3) is 1.00. The Morgan fingerprint density at radius 1 is 1.21 bits per heavy atom. The van der Waals surface area contributed by atoms with Crippen molar-refractivity contribution >= 4 is 0 Å². The Kier molecular flexibility index (Phi) is 6.07. The average Bonchev–Trinajstić information content (AvgIpc) is 2.48. The van der Waals surface area contributed by atoms with Crippen LogP contribution in [0.15, 0.2) is 0 Å². The fourth-order valence-corrected chi connectivity index (χ4v) is 3.49. The molecule has 19 heavy (non-hydrogen) atoms. The highest BCUT2D eigenvalue weighted by molar-refractivity contribution is 4.84. The molecule has 3 atom stereocenters. The highest BCUT2D eigenvalue weighted by Gasteiger charge is 2.29. The largest absolute Gasteiger partial charge is 0.381 e. The first-order chi connectivity index (χ1) is 9.22. The molecule has 4 heteroatoms. The van der Waals surface area contributed by atoms with Crippen LogP contribution in [0, 0.1) is 5.92 Å². The molecule has 2 aliphatic rings. The van der Waals surface area contributed by atoms with E-state index in [1.54, 1.807) is 0 Å². The van der Waals surface area contributed by atoms with Gasteiger partial charge in [0, 0.05) is 45.9 Å². The van der Waals surface area contributed by atoms with Crippen LogP contribution in [0.2, 0.25) is 0 Å². The lowest BCUT2D eigenvalue weighted by Crippen LogP contribution is -2.52. The van der Waals surface area contributed by atoms with Gasteiger partial charge in [0.25, 0.3) is 0 Å². The molecule has 112 valence electrons. The molecule has 3 unspecified atom stereocenters. The normalized spacial score (nSPS) is 32.4. The van der Waals surface area contributed by atoms with Crippen molar-refractivity contribution in [3.63, 3.8) is 0 Å². The third kappa shape index (κ3) is 4.42. The summed E-state index contributed by atoms with van der Waals surface area (Å²) in [6.45, 7) is 9.07. The van der Waals surface area contributed by atoms with Crippen LogP contribution >= 0.6 is 0 Å². The Morgan fingerprint density at radius 2 is 1.95 bits per heavy atom. The zero-order chi connectivity index (χ0) is 13.7. The van der Waals surface area contributed by atoms with E-state index in [4.69, 9.17) is 10.5 Å². The van der Waals surface area contributed by atoms with E-state index in [2.05, 4.69) is 16.7 Å². The zero-order valence-electron chi connectivity index (χ0n) is 12.7. The molecule has 0 radical (unpaired) electrons. The molecule has 1 aliphatic carbocycles. The maximum atomic E-state index is 5.71. The Labute approximate surface area is 118 Å². The smallest absolute Gasteiger partial charge is 0.0586 e. The summed E-state index contributed by atoms with van der Waals surface area (Å²) in [6, 6.07) is 0.757. The van der Waals surface area contributed by atoms with Crippen LogP contribution in [0.5, 0.6) is 0 Å². The van der Waals surface area contributed by atoms with Crippen molar-refractivity contribution in [1.82, 2.24) is 9.80 Å². The topological polar surface area (TPSA) is 41.7 Å². The van der Waals surface area contributed by atoms with E-state index in [1.807, 2.05) is 7.11 Å². The predicted molar refractivity (Wildman–Crippen MR) is 79.3 cm³/mol. The number of nitrogens with zero attached hydrogens (tertiary/aromatic N) is 2. The van der Waals surface area contributed by atoms with Crippen molar-refractivity contribution in [2.24, 2.45) is 11.7 Å². The summed E-state index contributed by atoms with van der Waals surface area (Å²) in [5.41, 5.74) is 5.71. The molecule has 0 bridgehead atoms. The van der Waals surface area contributed by atoms with Gasteiger partial charge >= 0.3 is 0 Å². The summed E-state index contributed by atoms with van der Waals surface area (Å²) in [5.74, 6) is 0.624. The quantitative estimate of drug-likeness (QED) is 0.813. The fourth-order valence-electron chi connectivity index (χ4n) is 3.49. The monoisotopic (exact) mass is 269 g/mol. The van der Waals surface area contributed by atoms with Gasteiger partial charge in [-0.25, -0.2) is 0 Å². The minimum atomic E-state index is 0.494. The van der Waals surface area contributed by atoms with Crippen molar-refractivity contribution in [3.05, 3.63) is 0 Å². The van der Waals surface area contributed by atoms with Gasteiger partial charge in [-0.2, -0.15) is 0 Å². The molecule has 0 aromatic carbocycles. The number of nitrogens with two attached hydrogens (primary N) is 1. The molecule has 1 aliphatic heterocycles. The molecule has 2 N–H and O–H groups in total. The van der Waals surface area contributed by atoms with E-state index in [0.717, 1.165) is 19.1 Å². The van der Waals surface area contributed by atoms with Crippen molar-refractivity contribution in [3.8, 4) is 0 Å². The van der Waals surface area contributed by atoms with Crippen LogP contribution in [-0.4, -0.2) is 68.3 Å². The summed E-state index contributed by atoms with van der Waals surface area (Å²) in [7, 11) is 1.86.